The smallest absolute Gasteiger partial charge is 0.342 e. The van der Waals surface area contributed by atoms with Gasteiger partial charge in [0.25, 0.3) is 0 Å². The Balaban J connectivity index is 0.000000257. The molecule has 0 radical (unpaired) electrons. The largest absolute Gasteiger partial charge is 0.507 e. The van der Waals surface area contributed by atoms with Crippen molar-refractivity contribution in [1.29, 1.82) is 0 Å². The maximum atomic E-state index is 11.4. The fourth-order valence-electron chi connectivity index (χ4n) is 1.63. The van der Waals surface area contributed by atoms with Gasteiger partial charge in [0.05, 0.1) is 6.10 Å². The van der Waals surface area contributed by atoms with Crippen molar-refractivity contribution in [3.05, 3.63) is 54.7 Å². The van der Waals surface area contributed by atoms with Crippen molar-refractivity contribution in [3.8, 4) is 11.5 Å². The average Bonchev–Trinajstić information content (AvgIpc) is 2.51. The Hall–Kier alpha value is -1.56. The van der Waals surface area contributed by atoms with Gasteiger partial charge in [-0.15, -0.1) is 0 Å². The van der Waals surface area contributed by atoms with E-state index in [1.807, 2.05) is 22.6 Å². The van der Waals surface area contributed by atoms with Crippen molar-refractivity contribution >= 4 is 57.1 Å². The van der Waals surface area contributed by atoms with Crippen LogP contribution in [0.5, 0.6) is 11.5 Å². The van der Waals surface area contributed by atoms with Gasteiger partial charge in [-0.1, -0.05) is 0 Å². The lowest BCUT2D eigenvalue weighted by molar-refractivity contribution is 0.0374. The highest BCUT2D eigenvalue weighted by Gasteiger charge is 2.14. The maximum absolute atomic E-state index is 11.4. The highest BCUT2D eigenvalue weighted by molar-refractivity contribution is 14.1. The quantitative estimate of drug-likeness (QED) is 0.377. The van der Waals surface area contributed by atoms with Gasteiger partial charge in [0.15, 0.2) is 0 Å². The summed E-state index contributed by atoms with van der Waals surface area (Å²) in [5.41, 5.74) is 0.155. The summed E-state index contributed by atoms with van der Waals surface area (Å²) in [6.45, 7) is 3.53. The average molecular weight is 570 g/mol. The van der Waals surface area contributed by atoms with Crippen LogP contribution in [0, 0.1) is 7.14 Å². The predicted octanol–water partition coefficient (Wildman–Crippen LogP) is 4.26. The summed E-state index contributed by atoms with van der Waals surface area (Å²) in [7, 11) is 0. The molecule has 0 saturated heterocycles. The zero-order valence-electron chi connectivity index (χ0n) is 13.4. The Bertz CT molecular complexity index is 774. The lowest BCUT2D eigenvalue weighted by atomic mass is 10.2. The molecule has 134 valence electrons. The molecule has 0 aromatic heterocycles. The molecule has 0 bridgehead atoms. The molecule has 25 heavy (non-hydrogen) atoms. The van der Waals surface area contributed by atoms with Gasteiger partial charge in [-0.05, 0) is 95.4 Å². The summed E-state index contributed by atoms with van der Waals surface area (Å²) in [4.78, 5) is 21.9. The van der Waals surface area contributed by atoms with E-state index in [0.29, 0.717) is 0 Å². The van der Waals surface area contributed by atoms with Crippen LogP contribution in [0.1, 0.15) is 34.6 Å². The van der Waals surface area contributed by atoms with E-state index in [1.165, 1.54) is 18.2 Å². The third kappa shape index (κ3) is 7.06. The Labute approximate surface area is 172 Å². The Morgan fingerprint density at radius 2 is 1.36 bits per heavy atom. The lowest BCUT2D eigenvalue weighted by Crippen LogP contribution is -2.11. The van der Waals surface area contributed by atoms with E-state index < -0.39 is 11.9 Å². The molecule has 0 aliphatic rings. The third-order valence-corrected chi connectivity index (χ3v) is 4.05. The SMILES string of the molecule is CC(C)OC(=O)c1cc(I)ccc1O.O=C(O)c1cc(I)ccc1O. The number of esters is 1. The molecule has 0 amide bonds. The van der Waals surface area contributed by atoms with E-state index in [9.17, 15) is 14.7 Å². The second kappa shape index (κ2) is 9.80. The van der Waals surface area contributed by atoms with Gasteiger partial charge in [0.1, 0.15) is 22.6 Å². The number of hydrogen-bond acceptors (Lipinski definition) is 5. The molecule has 2 aromatic carbocycles. The summed E-state index contributed by atoms with van der Waals surface area (Å²) in [6, 6.07) is 9.23. The minimum absolute atomic E-state index is 0.0453. The molecular formula is C17H16I2O6. The number of hydrogen-bond donors (Lipinski definition) is 3. The molecule has 0 atom stereocenters. The summed E-state index contributed by atoms with van der Waals surface area (Å²) in [5.74, 6) is -1.84. The highest BCUT2D eigenvalue weighted by Crippen LogP contribution is 2.21. The zero-order chi connectivity index (χ0) is 19.1. The molecule has 2 rings (SSSR count). The molecule has 0 fully saturated rings. The summed E-state index contributed by atoms with van der Waals surface area (Å²) in [5, 5.41) is 27.0. The number of phenols is 2. The van der Waals surface area contributed by atoms with E-state index in [0.717, 1.165) is 7.14 Å². The van der Waals surface area contributed by atoms with E-state index in [2.05, 4.69) is 22.6 Å². The first kappa shape index (κ1) is 21.5. The van der Waals surface area contributed by atoms with Gasteiger partial charge >= 0.3 is 11.9 Å². The summed E-state index contributed by atoms with van der Waals surface area (Å²) in [6.07, 6.45) is -0.181. The van der Waals surface area contributed by atoms with E-state index in [1.54, 1.807) is 32.0 Å². The first-order chi connectivity index (χ1) is 11.6. The number of carboxylic acids is 1. The second-order valence-electron chi connectivity index (χ2n) is 5.08. The Morgan fingerprint density at radius 3 is 1.76 bits per heavy atom. The highest BCUT2D eigenvalue weighted by atomic mass is 127. The number of halogens is 2. The first-order valence-corrected chi connectivity index (χ1v) is 9.19. The Kier molecular flexibility index (Phi) is 8.42. The van der Waals surface area contributed by atoms with Crippen LogP contribution in [0.2, 0.25) is 0 Å². The number of carbonyl (C=O) groups excluding carboxylic acids is 1. The molecule has 6 nitrogen and oxygen atoms in total. The monoisotopic (exact) mass is 570 g/mol. The van der Waals surface area contributed by atoms with Crippen molar-refractivity contribution in [1.82, 2.24) is 0 Å². The van der Waals surface area contributed by atoms with Crippen LogP contribution in [-0.4, -0.2) is 33.4 Å². The number of ether oxygens (including phenoxy) is 1. The van der Waals surface area contributed by atoms with E-state index >= 15 is 0 Å². The van der Waals surface area contributed by atoms with Crippen molar-refractivity contribution in [2.75, 3.05) is 0 Å². The van der Waals surface area contributed by atoms with Crippen molar-refractivity contribution in [2.45, 2.75) is 20.0 Å². The van der Waals surface area contributed by atoms with Crippen molar-refractivity contribution < 1.29 is 29.6 Å². The van der Waals surface area contributed by atoms with Gasteiger partial charge in [0.2, 0.25) is 0 Å². The summed E-state index contributed by atoms with van der Waals surface area (Å²) < 4.78 is 6.64. The van der Waals surface area contributed by atoms with Crippen LogP contribution in [-0.2, 0) is 4.74 Å². The lowest BCUT2D eigenvalue weighted by Gasteiger charge is -2.09. The number of aromatic hydroxyl groups is 2. The maximum Gasteiger partial charge on any atom is 0.342 e. The number of rotatable bonds is 3. The fraction of sp³-hybridized carbons (Fsp3) is 0.176. The van der Waals surface area contributed by atoms with Crippen LogP contribution in [0.25, 0.3) is 0 Å². The van der Waals surface area contributed by atoms with Crippen molar-refractivity contribution in [2.24, 2.45) is 0 Å². The number of aromatic carboxylic acids is 1. The molecule has 0 heterocycles. The van der Waals surface area contributed by atoms with Crippen LogP contribution in [0.15, 0.2) is 36.4 Å². The predicted molar refractivity (Wildman–Crippen MR) is 109 cm³/mol. The van der Waals surface area contributed by atoms with Crippen molar-refractivity contribution in [3.63, 3.8) is 0 Å². The first-order valence-electron chi connectivity index (χ1n) is 7.03. The van der Waals surface area contributed by atoms with Gasteiger partial charge in [0, 0.05) is 7.14 Å². The molecule has 2 aromatic rings. The molecular weight excluding hydrogens is 554 g/mol. The molecule has 0 unspecified atom stereocenters. The summed E-state index contributed by atoms with van der Waals surface area (Å²) >= 11 is 4.05. The van der Waals surface area contributed by atoms with Gasteiger partial charge in [-0.2, -0.15) is 0 Å². The van der Waals surface area contributed by atoms with Crippen LogP contribution < -0.4 is 0 Å². The molecule has 8 heteroatoms. The topological polar surface area (TPSA) is 104 Å². The third-order valence-electron chi connectivity index (χ3n) is 2.71. The minimum Gasteiger partial charge on any atom is -0.507 e. The molecule has 0 saturated carbocycles. The van der Waals surface area contributed by atoms with Gasteiger partial charge in [-0.25, -0.2) is 9.59 Å². The Morgan fingerprint density at radius 1 is 0.920 bits per heavy atom. The number of carbonyl (C=O) groups is 2. The molecule has 3 N–H and O–H groups in total. The zero-order valence-corrected chi connectivity index (χ0v) is 17.7. The normalized spacial score (nSPS) is 9.96. The minimum atomic E-state index is -1.11. The van der Waals surface area contributed by atoms with E-state index in [-0.39, 0.29) is 28.7 Å². The molecule has 0 aliphatic carbocycles. The fourth-order valence-corrected chi connectivity index (χ4v) is 2.61. The van der Waals surface area contributed by atoms with Gasteiger partial charge < -0.3 is 20.1 Å². The van der Waals surface area contributed by atoms with Crippen LogP contribution in [0.3, 0.4) is 0 Å². The van der Waals surface area contributed by atoms with Crippen LogP contribution in [0.4, 0.5) is 0 Å². The van der Waals surface area contributed by atoms with Crippen LogP contribution >= 0.6 is 45.2 Å². The van der Waals surface area contributed by atoms with E-state index in [4.69, 9.17) is 14.9 Å². The molecule has 0 spiro atoms. The number of benzene rings is 2. The second-order valence-corrected chi connectivity index (χ2v) is 7.57. The molecule has 0 aliphatic heterocycles. The number of carboxylic acid groups (broad SMARTS) is 1. The standard InChI is InChI=1S/C10H11IO3.C7H5IO3/c1-6(2)14-10(13)8-5-7(11)3-4-9(8)12;8-4-1-2-6(9)5(3-4)7(10)11/h3-6,12H,1-2H3;1-3,9H,(H,10,11). The number of phenolic OH excluding ortho intramolecular Hbond substituents is 1. The van der Waals surface area contributed by atoms with Gasteiger partial charge in [-0.3, -0.25) is 0 Å².